The highest BCUT2D eigenvalue weighted by molar-refractivity contribution is 7.86. The number of ether oxygens (including phenoxy) is 1. The first-order chi connectivity index (χ1) is 8.66. The number of rotatable bonds is 5. The van der Waals surface area contributed by atoms with Crippen molar-refractivity contribution in [2.75, 3.05) is 6.61 Å². The number of alkyl halides is 3. The van der Waals surface area contributed by atoms with E-state index in [1.165, 1.54) is 24.3 Å². The third-order valence-corrected chi connectivity index (χ3v) is 2.99. The molecule has 0 aliphatic heterocycles. The van der Waals surface area contributed by atoms with Gasteiger partial charge in [-0.05, 0) is 12.1 Å². The van der Waals surface area contributed by atoms with Crippen LogP contribution in [0.25, 0.3) is 0 Å². The lowest BCUT2D eigenvalue weighted by Crippen LogP contribution is -2.41. The van der Waals surface area contributed by atoms with Crippen LogP contribution < -0.4 is 0 Å². The molecule has 1 rings (SSSR count). The van der Waals surface area contributed by atoms with E-state index in [2.05, 4.69) is 4.74 Å². The number of hydrogen-bond donors (Lipinski definition) is 0. The van der Waals surface area contributed by atoms with Crippen molar-refractivity contribution in [1.29, 1.82) is 0 Å². The van der Waals surface area contributed by atoms with Gasteiger partial charge in [-0.15, -0.1) is 0 Å². The minimum absolute atomic E-state index is 0.0250. The number of carbonyl (C=O) groups excluding carboxylic acids is 1. The Balaban J connectivity index is 2.66. The Hall–Kier alpha value is -1.61. The highest BCUT2D eigenvalue weighted by atomic mass is 32.2. The highest BCUT2D eigenvalue weighted by Crippen LogP contribution is 2.27. The zero-order chi connectivity index (χ0) is 14.7. The largest absolute Gasteiger partial charge is 0.743 e. The monoisotopic (exact) mass is 297 g/mol. The number of benzene rings is 1. The van der Waals surface area contributed by atoms with Crippen molar-refractivity contribution < 1.29 is 35.7 Å². The predicted molar refractivity (Wildman–Crippen MR) is 56.3 cm³/mol. The summed E-state index contributed by atoms with van der Waals surface area (Å²) in [5.41, 5.74) is -0.0250. The lowest BCUT2D eigenvalue weighted by atomic mass is 10.2. The second-order valence-electron chi connectivity index (χ2n) is 3.45. The van der Waals surface area contributed by atoms with Crippen molar-refractivity contribution in [3.63, 3.8) is 0 Å². The van der Waals surface area contributed by atoms with E-state index in [0.29, 0.717) is 0 Å². The first kappa shape index (κ1) is 15.4. The molecular formula is C10H8F3O5S-. The molecule has 0 heterocycles. The summed E-state index contributed by atoms with van der Waals surface area (Å²) in [7, 11) is -6.16. The number of hydrogen-bond acceptors (Lipinski definition) is 5. The summed E-state index contributed by atoms with van der Waals surface area (Å²) in [6, 6.07) is 7.07. The number of esters is 1. The molecule has 106 valence electrons. The van der Waals surface area contributed by atoms with E-state index in [0.717, 1.165) is 0 Å². The maximum absolute atomic E-state index is 12.9. The third kappa shape index (κ3) is 3.67. The fourth-order valence-corrected chi connectivity index (χ4v) is 1.44. The summed E-state index contributed by atoms with van der Waals surface area (Å²) in [6.07, 6.45) is -3.43. The van der Waals surface area contributed by atoms with E-state index in [1.54, 1.807) is 6.07 Å². The molecule has 0 N–H and O–H groups in total. The van der Waals surface area contributed by atoms with E-state index in [9.17, 15) is 30.9 Å². The zero-order valence-electron chi connectivity index (χ0n) is 9.25. The van der Waals surface area contributed by atoms with Crippen molar-refractivity contribution in [3.8, 4) is 0 Å². The molecular weight excluding hydrogens is 289 g/mol. The first-order valence-electron chi connectivity index (χ1n) is 4.85. The van der Waals surface area contributed by atoms with Crippen LogP contribution in [0.2, 0.25) is 0 Å². The fraction of sp³-hybridized carbons (Fsp3) is 0.300. The Morgan fingerprint density at radius 3 is 2.32 bits per heavy atom. The molecule has 0 saturated carbocycles. The van der Waals surface area contributed by atoms with Gasteiger partial charge in [-0.1, -0.05) is 18.2 Å². The van der Waals surface area contributed by atoms with Gasteiger partial charge in [0.25, 0.3) is 0 Å². The fourth-order valence-electron chi connectivity index (χ4n) is 1.06. The maximum atomic E-state index is 12.9. The molecule has 1 aromatic rings. The van der Waals surface area contributed by atoms with Crippen LogP contribution in [0.1, 0.15) is 10.4 Å². The van der Waals surface area contributed by atoms with Crippen LogP contribution in [-0.4, -0.2) is 37.0 Å². The Morgan fingerprint density at radius 1 is 1.32 bits per heavy atom. The normalized spacial score (nSPS) is 13.9. The number of halogens is 3. The van der Waals surface area contributed by atoms with Crippen molar-refractivity contribution in [3.05, 3.63) is 35.9 Å². The number of carbonyl (C=O) groups is 1. The second kappa shape index (κ2) is 5.57. The van der Waals surface area contributed by atoms with Crippen LogP contribution in [0.3, 0.4) is 0 Å². The van der Waals surface area contributed by atoms with Crippen molar-refractivity contribution in [2.45, 2.75) is 11.4 Å². The van der Waals surface area contributed by atoms with Gasteiger partial charge < -0.3 is 9.29 Å². The van der Waals surface area contributed by atoms with E-state index in [1.807, 2.05) is 0 Å². The van der Waals surface area contributed by atoms with Gasteiger partial charge in [-0.25, -0.2) is 17.6 Å². The minimum atomic E-state index is -6.16. The SMILES string of the molecule is O=C(OCC(F)C(F)(F)S(=O)(=O)[O-])c1ccccc1. The Morgan fingerprint density at radius 2 is 1.84 bits per heavy atom. The smallest absolute Gasteiger partial charge is 0.368 e. The average molecular weight is 297 g/mol. The second-order valence-corrected chi connectivity index (χ2v) is 4.90. The Bertz CT molecular complexity index is 544. The van der Waals surface area contributed by atoms with Crippen LogP contribution in [0.4, 0.5) is 13.2 Å². The molecule has 0 bridgehead atoms. The summed E-state index contributed by atoms with van der Waals surface area (Å²) < 4.78 is 72.9. The third-order valence-electron chi connectivity index (χ3n) is 2.07. The molecule has 19 heavy (non-hydrogen) atoms. The van der Waals surface area contributed by atoms with E-state index in [-0.39, 0.29) is 5.56 Å². The van der Waals surface area contributed by atoms with Crippen molar-refractivity contribution in [1.82, 2.24) is 0 Å². The van der Waals surface area contributed by atoms with Gasteiger partial charge >= 0.3 is 11.2 Å². The summed E-state index contributed by atoms with van der Waals surface area (Å²) >= 11 is 0. The Labute approximate surface area is 106 Å². The molecule has 0 aromatic heterocycles. The average Bonchev–Trinajstić information content (AvgIpc) is 2.35. The molecule has 1 atom stereocenters. The molecule has 9 heteroatoms. The maximum Gasteiger partial charge on any atom is 0.368 e. The molecule has 0 amide bonds. The molecule has 0 aliphatic rings. The van der Waals surface area contributed by atoms with Crippen molar-refractivity contribution in [2.24, 2.45) is 0 Å². The summed E-state index contributed by atoms with van der Waals surface area (Å²) in [5.74, 6) is -1.11. The van der Waals surface area contributed by atoms with Crippen molar-refractivity contribution >= 4 is 16.1 Å². The predicted octanol–water partition coefficient (Wildman–Crippen LogP) is 1.32. The quantitative estimate of drug-likeness (QED) is 0.604. The molecule has 1 unspecified atom stereocenters. The standard InChI is InChI=1S/C10H9F3O5S/c11-8(10(12,13)19(15,16)17)6-18-9(14)7-4-2-1-3-5-7/h1-5,8H,6H2,(H,15,16,17)/p-1. The molecule has 0 fully saturated rings. The Kier molecular flexibility index (Phi) is 4.53. The van der Waals surface area contributed by atoms with Gasteiger partial charge in [0, 0.05) is 0 Å². The summed E-state index contributed by atoms with van der Waals surface area (Å²) in [5, 5.41) is -5.15. The van der Waals surface area contributed by atoms with Crippen LogP contribution >= 0.6 is 0 Å². The lowest BCUT2D eigenvalue weighted by Gasteiger charge is -2.22. The van der Waals surface area contributed by atoms with Crippen LogP contribution in [0, 0.1) is 0 Å². The molecule has 1 aromatic carbocycles. The molecule has 0 spiro atoms. The summed E-state index contributed by atoms with van der Waals surface area (Å²) in [4.78, 5) is 11.3. The molecule has 0 aliphatic carbocycles. The lowest BCUT2D eigenvalue weighted by molar-refractivity contribution is -0.0362. The highest BCUT2D eigenvalue weighted by Gasteiger charge is 2.48. The van der Waals surface area contributed by atoms with E-state index < -0.39 is 34.1 Å². The van der Waals surface area contributed by atoms with E-state index >= 15 is 0 Å². The molecule has 0 saturated heterocycles. The van der Waals surface area contributed by atoms with Gasteiger partial charge in [-0.2, -0.15) is 8.78 Å². The van der Waals surface area contributed by atoms with Crippen LogP contribution in [0.5, 0.6) is 0 Å². The van der Waals surface area contributed by atoms with Gasteiger partial charge in [0.2, 0.25) is 6.17 Å². The van der Waals surface area contributed by atoms with Crippen LogP contribution in [-0.2, 0) is 14.9 Å². The topological polar surface area (TPSA) is 83.5 Å². The minimum Gasteiger partial charge on any atom is -0.743 e. The zero-order valence-corrected chi connectivity index (χ0v) is 10.1. The molecule has 5 nitrogen and oxygen atoms in total. The van der Waals surface area contributed by atoms with E-state index in [4.69, 9.17) is 0 Å². The van der Waals surface area contributed by atoms with Crippen LogP contribution in [0.15, 0.2) is 30.3 Å². The van der Waals surface area contributed by atoms with Gasteiger partial charge in [0.05, 0.1) is 5.56 Å². The van der Waals surface area contributed by atoms with Gasteiger partial charge in [-0.3, -0.25) is 0 Å². The first-order valence-corrected chi connectivity index (χ1v) is 6.26. The molecule has 0 radical (unpaired) electrons. The summed E-state index contributed by atoms with van der Waals surface area (Å²) in [6.45, 7) is -1.54. The van der Waals surface area contributed by atoms with Gasteiger partial charge in [0.15, 0.2) is 10.1 Å². The van der Waals surface area contributed by atoms with Gasteiger partial charge in [0.1, 0.15) is 6.61 Å².